The summed E-state index contributed by atoms with van der Waals surface area (Å²) in [5.74, 6) is 0.363. The third kappa shape index (κ3) is 4.22. The second-order valence-corrected chi connectivity index (χ2v) is 6.25. The zero-order chi connectivity index (χ0) is 19.4. The van der Waals surface area contributed by atoms with Gasteiger partial charge in [-0.15, -0.1) is 0 Å². The number of hydrogen-bond donors (Lipinski definition) is 1. The summed E-state index contributed by atoms with van der Waals surface area (Å²) in [7, 11) is 3.44. The summed E-state index contributed by atoms with van der Waals surface area (Å²) in [5, 5.41) is 8.09. The molecule has 0 aliphatic rings. The number of carbonyl (C=O) groups is 1. The van der Waals surface area contributed by atoms with Gasteiger partial charge in [-0.25, -0.2) is 9.97 Å². The van der Waals surface area contributed by atoms with Crippen molar-refractivity contribution >= 4 is 16.9 Å². The van der Waals surface area contributed by atoms with Gasteiger partial charge < -0.3 is 14.8 Å². The number of pyridine rings is 2. The largest absolute Gasteiger partial charge is 0.475 e. The van der Waals surface area contributed by atoms with Crippen LogP contribution < -0.4 is 10.1 Å². The Morgan fingerprint density at radius 2 is 2.07 bits per heavy atom. The van der Waals surface area contributed by atoms with E-state index in [1.54, 1.807) is 30.1 Å². The molecule has 3 aromatic heterocycles. The van der Waals surface area contributed by atoms with Crippen molar-refractivity contribution in [3.05, 3.63) is 46.9 Å². The van der Waals surface area contributed by atoms with Crippen LogP contribution in [0.1, 0.15) is 27.3 Å². The predicted molar refractivity (Wildman–Crippen MR) is 101 cm³/mol. The van der Waals surface area contributed by atoms with Crippen LogP contribution in [-0.4, -0.2) is 46.0 Å². The average Bonchev–Trinajstić information content (AvgIpc) is 2.94. The van der Waals surface area contributed by atoms with Crippen LogP contribution in [0.2, 0.25) is 0 Å². The molecule has 0 bridgehead atoms. The highest BCUT2D eigenvalue weighted by molar-refractivity contribution is 6.06. The Bertz CT molecular complexity index is 950. The van der Waals surface area contributed by atoms with E-state index in [9.17, 15) is 4.79 Å². The van der Waals surface area contributed by atoms with Crippen molar-refractivity contribution in [2.24, 2.45) is 7.05 Å². The summed E-state index contributed by atoms with van der Waals surface area (Å²) in [6, 6.07) is 5.44. The van der Waals surface area contributed by atoms with E-state index >= 15 is 0 Å². The Labute approximate surface area is 157 Å². The lowest BCUT2D eigenvalue weighted by Gasteiger charge is -2.09. The number of ether oxygens (including phenoxy) is 2. The summed E-state index contributed by atoms with van der Waals surface area (Å²) in [6.07, 6.45) is 1.69. The number of rotatable bonds is 7. The SMILES string of the molecule is COCCOc1ccc(CNC(=O)c2cc(C)nc3c2c(C)nn3C)cn1. The summed E-state index contributed by atoms with van der Waals surface area (Å²) < 4.78 is 12.1. The van der Waals surface area contributed by atoms with Gasteiger partial charge in [0.15, 0.2) is 5.65 Å². The van der Waals surface area contributed by atoms with Gasteiger partial charge >= 0.3 is 0 Å². The van der Waals surface area contributed by atoms with Crippen LogP contribution in [0.3, 0.4) is 0 Å². The Hall–Kier alpha value is -3.00. The third-order valence-electron chi connectivity index (χ3n) is 4.13. The molecular weight excluding hydrogens is 346 g/mol. The Morgan fingerprint density at radius 1 is 1.26 bits per heavy atom. The van der Waals surface area contributed by atoms with Crippen molar-refractivity contribution in [3.63, 3.8) is 0 Å². The van der Waals surface area contributed by atoms with Gasteiger partial charge in [0.05, 0.1) is 23.3 Å². The number of hydrogen-bond acceptors (Lipinski definition) is 6. The highest BCUT2D eigenvalue weighted by atomic mass is 16.5. The molecule has 0 radical (unpaired) electrons. The molecule has 0 aromatic carbocycles. The number of nitrogens with zero attached hydrogens (tertiary/aromatic N) is 4. The standard InChI is InChI=1S/C19H23N5O3/c1-12-9-15(17-13(2)23-24(3)18(17)22-12)19(25)21-11-14-5-6-16(20-10-14)27-8-7-26-4/h5-6,9-10H,7-8,11H2,1-4H3,(H,21,25). The monoisotopic (exact) mass is 369 g/mol. The molecule has 0 atom stereocenters. The van der Waals surface area contributed by atoms with Crippen LogP contribution in [0, 0.1) is 13.8 Å². The number of amides is 1. The first kappa shape index (κ1) is 18.8. The molecule has 27 heavy (non-hydrogen) atoms. The van der Waals surface area contributed by atoms with E-state index in [2.05, 4.69) is 20.4 Å². The van der Waals surface area contributed by atoms with Gasteiger partial charge in [0, 0.05) is 38.7 Å². The lowest BCUT2D eigenvalue weighted by Crippen LogP contribution is -2.23. The zero-order valence-corrected chi connectivity index (χ0v) is 15.9. The van der Waals surface area contributed by atoms with Gasteiger partial charge in [-0.2, -0.15) is 5.10 Å². The molecule has 1 N–H and O–H groups in total. The molecule has 0 saturated carbocycles. The van der Waals surface area contributed by atoms with Crippen molar-refractivity contribution in [2.45, 2.75) is 20.4 Å². The smallest absolute Gasteiger partial charge is 0.252 e. The number of fused-ring (bicyclic) bond motifs is 1. The van der Waals surface area contributed by atoms with E-state index in [1.807, 2.05) is 27.0 Å². The Kier molecular flexibility index (Phi) is 5.66. The maximum Gasteiger partial charge on any atom is 0.252 e. The summed E-state index contributed by atoms with van der Waals surface area (Å²) >= 11 is 0. The molecule has 3 aromatic rings. The summed E-state index contributed by atoms with van der Waals surface area (Å²) in [6.45, 7) is 5.06. The van der Waals surface area contributed by atoms with Crippen molar-refractivity contribution < 1.29 is 14.3 Å². The van der Waals surface area contributed by atoms with Crippen molar-refractivity contribution in [3.8, 4) is 5.88 Å². The normalized spacial score (nSPS) is 11.0. The minimum Gasteiger partial charge on any atom is -0.475 e. The number of aromatic nitrogens is 4. The highest BCUT2D eigenvalue weighted by Gasteiger charge is 2.17. The first-order valence-corrected chi connectivity index (χ1v) is 8.65. The van der Waals surface area contributed by atoms with Crippen LogP contribution in [0.15, 0.2) is 24.4 Å². The number of aryl methyl sites for hydroxylation is 3. The average molecular weight is 369 g/mol. The van der Waals surface area contributed by atoms with E-state index < -0.39 is 0 Å². The Balaban J connectivity index is 1.70. The molecule has 0 fully saturated rings. The first-order chi connectivity index (χ1) is 13.0. The topological polar surface area (TPSA) is 91.2 Å². The van der Waals surface area contributed by atoms with E-state index in [0.717, 1.165) is 22.3 Å². The van der Waals surface area contributed by atoms with Crippen molar-refractivity contribution in [1.29, 1.82) is 0 Å². The molecular formula is C19H23N5O3. The zero-order valence-electron chi connectivity index (χ0n) is 15.9. The lowest BCUT2D eigenvalue weighted by molar-refractivity contribution is 0.0952. The fraction of sp³-hybridized carbons (Fsp3) is 0.368. The van der Waals surface area contributed by atoms with Gasteiger partial charge in [-0.05, 0) is 25.5 Å². The van der Waals surface area contributed by atoms with Crippen LogP contribution in [0.5, 0.6) is 5.88 Å². The van der Waals surface area contributed by atoms with Gasteiger partial charge in [-0.3, -0.25) is 9.48 Å². The molecule has 142 valence electrons. The third-order valence-corrected chi connectivity index (χ3v) is 4.13. The van der Waals surface area contributed by atoms with Gasteiger partial charge in [0.25, 0.3) is 5.91 Å². The molecule has 0 aliphatic carbocycles. The lowest BCUT2D eigenvalue weighted by atomic mass is 10.1. The molecule has 0 aliphatic heterocycles. The molecule has 0 unspecified atom stereocenters. The first-order valence-electron chi connectivity index (χ1n) is 8.65. The van der Waals surface area contributed by atoms with E-state index in [-0.39, 0.29) is 5.91 Å². The molecule has 8 heteroatoms. The molecule has 3 heterocycles. The molecule has 1 amide bonds. The minimum absolute atomic E-state index is 0.165. The van der Waals surface area contributed by atoms with Crippen molar-refractivity contribution in [2.75, 3.05) is 20.3 Å². The number of methoxy groups -OCH3 is 1. The van der Waals surface area contributed by atoms with E-state index in [4.69, 9.17) is 9.47 Å². The minimum atomic E-state index is -0.165. The second kappa shape index (κ2) is 8.13. The number of carbonyl (C=O) groups excluding carboxylic acids is 1. The van der Waals surface area contributed by atoms with Crippen LogP contribution in [-0.2, 0) is 18.3 Å². The van der Waals surface area contributed by atoms with Crippen LogP contribution >= 0.6 is 0 Å². The molecule has 0 saturated heterocycles. The summed E-state index contributed by atoms with van der Waals surface area (Å²) in [4.78, 5) is 21.5. The molecule has 3 rings (SSSR count). The van der Waals surface area contributed by atoms with Crippen LogP contribution in [0.4, 0.5) is 0 Å². The quantitative estimate of drug-likeness (QED) is 0.640. The van der Waals surface area contributed by atoms with Crippen LogP contribution in [0.25, 0.3) is 11.0 Å². The van der Waals surface area contributed by atoms with Crippen molar-refractivity contribution in [1.82, 2.24) is 25.1 Å². The highest BCUT2D eigenvalue weighted by Crippen LogP contribution is 2.21. The maximum atomic E-state index is 12.8. The maximum absolute atomic E-state index is 12.8. The van der Waals surface area contributed by atoms with E-state index in [0.29, 0.717) is 36.8 Å². The predicted octanol–water partition coefficient (Wildman–Crippen LogP) is 1.94. The fourth-order valence-electron chi connectivity index (χ4n) is 2.86. The van der Waals surface area contributed by atoms with E-state index in [1.165, 1.54) is 0 Å². The molecule has 0 spiro atoms. The second-order valence-electron chi connectivity index (χ2n) is 6.25. The number of nitrogens with one attached hydrogen (secondary N) is 1. The summed E-state index contributed by atoms with van der Waals surface area (Å²) in [5.41, 5.74) is 3.72. The van der Waals surface area contributed by atoms with Gasteiger partial charge in [0.1, 0.15) is 6.61 Å². The molecule has 8 nitrogen and oxygen atoms in total. The fourth-order valence-corrected chi connectivity index (χ4v) is 2.86. The van der Waals surface area contributed by atoms with Gasteiger partial charge in [-0.1, -0.05) is 6.07 Å². The van der Waals surface area contributed by atoms with Gasteiger partial charge in [0.2, 0.25) is 5.88 Å². The Morgan fingerprint density at radius 3 is 2.78 bits per heavy atom.